The fourth-order valence-electron chi connectivity index (χ4n) is 1.06. The minimum Gasteiger partial charge on any atom is -0.434 e. The van der Waals surface area contributed by atoms with Gasteiger partial charge >= 0.3 is 6.16 Å². The van der Waals surface area contributed by atoms with Gasteiger partial charge in [-0.1, -0.05) is 21.6 Å². The molecule has 0 atom stereocenters. The van der Waals surface area contributed by atoms with E-state index in [4.69, 9.17) is 14.2 Å². The second-order valence-corrected chi connectivity index (χ2v) is 6.03. The molecule has 0 bridgehead atoms. The zero-order chi connectivity index (χ0) is 11.9. The third-order valence-corrected chi connectivity index (χ3v) is 4.99. The summed E-state index contributed by atoms with van der Waals surface area (Å²) < 4.78 is 14.4. The van der Waals surface area contributed by atoms with Gasteiger partial charge in [0.15, 0.2) is 0 Å². The minimum absolute atomic E-state index is 0.0261. The highest BCUT2D eigenvalue weighted by Gasteiger charge is 2.36. The maximum absolute atomic E-state index is 11.1. The molecule has 1 aliphatic heterocycles. The molecule has 0 aromatic heterocycles. The van der Waals surface area contributed by atoms with E-state index in [1.165, 1.54) is 7.11 Å². The molecule has 0 aliphatic carbocycles. The third-order valence-electron chi connectivity index (χ3n) is 2.15. The Balaban J connectivity index is 2.19. The summed E-state index contributed by atoms with van der Waals surface area (Å²) >= 11 is 0. The smallest absolute Gasteiger partial charge is 0.434 e. The molecule has 5 nitrogen and oxygen atoms in total. The van der Waals surface area contributed by atoms with Crippen LogP contribution in [0.3, 0.4) is 0 Å². The van der Waals surface area contributed by atoms with E-state index in [1.54, 1.807) is 21.6 Å². The molecule has 0 aromatic carbocycles. The minimum atomic E-state index is -0.702. The van der Waals surface area contributed by atoms with E-state index in [2.05, 4.69) is 0 Å². The Kier molecular flexibility index (Phi) is 6.33. The summed E-state index contributed by atoms with van der Waals surface area (Å²) in [4.78, 5) is 11.1. The fraction of sp³-hybridized carbons (Fsp3) is 0.889. The second kappa shape index (κ2) is 7.26. The van der Waals surface area contributed by atoms with Crippen molar-refractivity contribution in [1.29, 1.82) is 0 Å². The van der Waals surface area contributed by atoms with Crippen molar-refractivity contribution in [1.82, 2.24) is 0 Å². The zero-order valence-electron chi connectivity index (χ0n) is 9.14. The number of carbonyl (C=O) groups excluding carboxylic acids is 1. The van der Waals surface area contributed by atoms with Crippen molar-refractivity contribution in [3.63, 3.8) is 0 Å². The number of hydrogen-bond acceptors (Lipinski definition) is 7. The molecule has 0 radical (unpaired) electrons. The second-order valence-electron chi connectivity index (χ2n) is 3.56. The number of methoxy groups -OCH3 is 1. The Morgan fingerprint density at radius 3 is 2.56 bits per heavy atom. The van der Waals surface area contributed by atoms with Crippen LogP contribution in [0, 0.1) is 5.41 Å². The quantitative estimate of drug-likeness (QED) is 0.440. The zero-order valence-corrected chi connectivity index (χ0v) is 10.8. The average molecular weight is 268 g/mol. The van der Waals surface area contributed by atoms with Crippen LogP contribution in [0.4, 0.5) is 4.79 Å². The molecule has 0 unspecified atom stereocenters. The Hall–Kier alpha value is -0.110. The van der Waals surface area contributed by atoms with Crippen LogP contribution in [0.15, 0.2) is 0 Å². The molecule has 0 spiro atoms. The number of ether oxygens (including phenoxy) is 3. The maximum atomic E-state index is 11.1. The summed E-state index contributed by atoms with van der Waals surface area (Å²) in [5.41, 5.74) is -0.310. The van der Waals surface area contributed by atoms with Gasteiger partial charge in [-0.2, -0.15) is 0 Å². The molecule has 1 N–H and O–H groups in total. The van der Waals surface area contributed by atoms with Gasteiger partial charge in [0, 0.05) is 24.0 Å². The van der Waals surface area contributed by atoms with Crippen molar-refractivity contribution in [2.24, 2.45) is 5.41 Å². The Labute approximate surface area is 103 Å². The molecule has 1 aliphatic rings. The van der Waals surface area contributed by atoms with Gasteiger partial charge in [0.2, 0.25) is 0 Å². The SMILES string of the molecule is COCCOC(=O)OCC1(CO)CSSC1. The largest absolute Gasteiger partial charge is 0.508 e. The van der Waals surface area contributed by atoms with E-state index >= 15 is 0 Å². The van der Waals surface area contributed by atoms with E-state index in [0.29, 0.717) is 6.61 Å². The van der Waals surface area contributed by atoms with E-state index in [0.717, 1.165) is 11.5 Å². The van der Waals surface area contributed by atoms with Gasteiger partial charge in [0.05, 0.1) is 13.2 Å². The van der Waals surface area contributed by atoms with Crippen LogP contribution in [0.5, 0.6) is 0 Å². The standard InChI is InChI=1S/C9H16O5S2/c1-12-2-3-13-8(11)14-5-9(4-10)6-15-16-7-9/h10H,2-7H2,1H3. The molecule has 7 heteroatoms. The Morgan fingerprint density at radius 1 is 1.31 bits per heavy atom. The highest BCUT2D eigenvalue weighted by molar-refractivity contribution is 8.77. The van der Waals surface area contributed by atoms with Crippen molar-refractivity contribution in [2.75, 3.05) is 45.0 Å². The Morgan fingerprint density at radius 2 is 2.00 bits per heavy atom. The lowest BCUT2D eigenvalue weighted by atomic mass is 9.96. The van der Waals surface area contributed by atoms with E-state index < -0.39 is 6.16 Å². The average Bonchev–Trinajstić information content (AvgIpc) is 2.76. The molecular weight excluding hydrogens is 252 g/mol. The molecular formula is C9H16O5S2. The van der Waals surface area contributed by atoms with Crippen LogP contribution in [0.25, 0.3) is 0 Å². The predicted molar refractivity (Wildman–Crippen MR) is 63.6 cm³/mol. The van der Waals surface area contributed by atoms with Gasteiger partial charge in [-0.25, -0.2) is 4.79 Å². The molecule has 1 saturated heterocycles. The van der Waals surface area contributed by atoms with E-state index in [9.17, 15) is 9.90 Å². The monoisotopic (exact) mass is 268 g/mol. The maximum Gasteiger partial charge on any atom is 0.508 e. The van der Waals surface area contributed by atoms with Gasteiger partial charge in [0.25, 0.3) is 0 Å². The topological polar surface area (TPSA) is 65.0 Å². The summed E-state index contributed by atoms with van der Waals surface area (Å²) in [6.45, 7) is 0.768. The first kappa shape index (κ1) is 14.0. The normalized spacial score (nSPS) is 18.4. The van der Waals surface area contributed by atoms with Gasteiger partial charge in [-0.15, -0.1) is 0 Å². The lowest BCUT2D eigenvalue weighted by Crippen LogP contribution is -2.34. The van der Waals surface area contributed by atoms with E-state index in [-0.39, 0.29) is 25.2 Å². The number of carbonyl (C=O) groups is 1. The van der Waals surface area contributed by atoms with Crippen molar-refractivity contribution < 1.29 is 24.1 Å². The number of aliphatic hydroxyl groups is 1. The van der Waals surface area contributed by atoms with Crippen LogP contribution in [-0.2, 0) is 14.2 Å². The van der Waals surface area contributed by atoms with Crippen LogP contribution >= 0.6 is 21.6 Å². The number of aliphatic hydroxyl groups excluding tert-OH is 1. The lowest BCUT2D eigenvalue weighted by molar-refractivity contribution is 0.00787. The van der Waals surface area contributed by atoms with Gasteiger partial charge in [-0.3, -0.25) is 0 Å². The number of rotatable bonds is 6. The lowest BCUT2D eigenvalue weighted by Gasteiger charge is -2.23. The molecule has 1 heterocycles. The summed E-state index contributed by atoms with van der Waals surface area (Å²) in [5, 5.41) is 9.26. The van der Waals surface area contributed by atoms with Gasteiger partial charge in [-0.05, 0) is 0 Å². The first-order valence-electron chi connectivity index (χ1n) is 4.86. The van der Waals surface area contributed by atoms with Crippen molar-refractivity contribution in [3.05, 3.63) is 0 Å². The van der Waals surface area contributed by atoms with Gasteiger partial charge in [0.1, 0.15) is 13.2 Å². The number of hydrogen-bond donors (Lipinski definition) is 1. The van der Waals surface area contributed by atoms with Crippen LogP contribution < -0.4 is 0 Å². The van der Waals surface area contributed by atoms with Crippen molar-refractivity contribution in [2.45, 2.75) is 0 Å². The molecule has 1 rings (SSSR count). The molecule has 0 saturated carbocycles. The first-order chi connectivity index (χ1) is 7.72. The molecule has 94 valence electrons. The molecule has 16 heavy (non-hydrogen) atoms. The fourth-order valence-corrected chi connectivity index (χ4v) is 4.41. The third kappa shape index (κ3) is 4.40. The summed E-state index contributed by atoms with van der Waals surface area (Å²) in [7, 11) is 4.90. The first-order valence-corrected chi connectivity index (χ1v) is 7.35. The summed E-state index contributed by atoms with van der Waals surface area (Å²) in [6.07, 6.45) is -0.702. The van der Waals surface area contributed by atoms with Crippen LogP contribution in [0.1, 0.15) is 0 Å². The Bertz CT molecular complexity index is 218. The summed E-state index contributed by atoms with van der Waals surface area (Å²) in [6, 6.07) is 0. The van der Waals surface area contributed by atoms with Crippen LogP contribution in [0.2, 0.25) is 0 Å². The summed E-state index contributed by atoms with van der Waals surface area (Å²) in [5.74, 6) is 1.58. The molecule has 0 amide bonds. The van der Waals surface area contributed by atoms with Crippen molar-refractivity contribution in [3.8, 4) is 0 Å². The molecule has 1 fully saturated rings. The predicted octanol–water partition coefficient (Wildman–Crippen LogP) is 1.16. The van der Waals surface area contributed by atoms with Crippen LogP contribution in [-0.4, -0.2) is 56.3 Å². The van der Waals surface area contributed by atoms with E-state index in [1.807, 2.05) is 0 Å². The van der Waals surface area contributed by atoms with Gasteiger partial charge < -0.3 is 19.3 Å². The highest BCUT2D eigenvalue weighted by Crippen LogP contribution is 2.43. The van der Waals surface area contributed by atoms with Crippen molar-refractivity contribution >= 4 is 27.7 Å². The molecule has 0 aromatic rings. The highest BCUT2D eigenvalue weighted by atomic mass is 33.1.